The summed E-state index contributed by atoms with van der Waals surface area (Å²) in [5.74, 6) is 1.07. The van der Waals surface area contributed by atoms with Crippen LogP contribution in [0.15, 0.2) is 0 Å². The lowest BCUT2D eigenvalue weighted by Gasteiger charge is -2.34. The summed E-state index contributed by atoms with van der Waals surface area (Å²) in [5.41, 5.74) is 0. The number of piperidine rings is 1. The van der Waals surface area contributed by atoms with Gasteiger partial charge in [0.15, 0.2) is 0 Å². The van der Waals surface area contributed by atoms with Crippen LogP contribution in [-0.2, 0) is 4.79 Å². The van der Waals surface area contributed by atoms with Crippen molar-refractivity contribution in [1.29, 1.82) is 0 Å². The lowest BCUT2D eigenvalue weighted by molar-refractivity contribution is -0.136. The standard InChI is InChI=1S/C15H28N2O2/c1-16-9-3-4-12(10-16)11-17(2)15(19)13-5-7-14(18)8-6-13/h12-14,18H,3-11H2,1-2H3. The Hall–Kier alpha value is -0.610. The predicted molar refractivity (Wildman–Crippen MR) is 75.8 cm³/mol. The second kappa shape index (κ2) is 6.71. The Morgan fingerprint density at radius 3 is 2.58 bits per heavy atom. The molecule has 0 aromatic carbocycles. The Labute approximate surface area is 116 Å². The number of aliphatic hydroxyl groups excluding tert-OH is 1. The van der Waals surface area contributed by atoms with E-state index in [1.807, 2.05) is 11.9 Å². The van der Waals surface area contributed by atoms with E-state index in [1.165, 1.54) is 19.4 Å². The maximum absolute atomic E-state index is 12.4. The summed E-state index contributed by atoms with van der Waals surface area (Å²) in [6.07, 6.45) is 5.60. The van der Waals surface area contributed by atoms with E-state index in [1.54, 1.807) is 0 Å². The SMILES string of the molecule is CN1CCCC(CN(C)C(=O)C2CCC(O)CC2)C1. The highest BCUT2D eigenvalue weighted by atomic mass is 16.3. The Morgan fingerprint density at radius 2 is 1.95 bits per heavy atom. The molecule has 1 aliphatic heterocycles. The largest absolute Gasteiger partial charge is 0.393 e. The first kappa shape index (κ1) is 14.8. The van der Waals surface area contributed by atoms with Crippen LogP contribution >= 0.6 is 0 Å². The Balaban J connectivity index is 1.78. The van der Waals surface area contributed by atoms with Crippen LogP contribution in [0.2, 0.25) is 0 Å². The molecule has 4 heteroatoms. The molecule has 2 fully saturated rings. The fourth-order valence-corrected chi connectivity index (χ4v) is 3.53. The van der Waals surface area contributed by atoms with Gasteiger partial charge in [-0.1, -0.05) is 0 Å². The summed E-state index contributed by atoms with van der Waals surface area (Å²) in [5, 5.41) is 9.51. The van der Waals surface area contributed by atoms with Crippen molar-refractivity contribution in [2.45, 2.75) is 44.6 Å². The van der Waals surface area contributed by atoms with Crippen molar-refractivity contribution in [3.05, 3.63) is 0 Å². The zero-order chi connectivity index (χ0) is 13.8. The zero-order valence-corrected chi connectivity index (χ0v) is 12.3. The van der Waals surface area contributed by atoms with Crippen molar-refractivity contribution in [2.24, 2.45) is 11.8 Å². The molecule has 1 N–H and O–H groups in total. The molecule has 0 radical (unpaired) electrons. The molecular formula is C15H28N2O2. The lowest BCUT2D eigenvalue weighted by atomic mass is 9.86. The first-order valence-corrected chi connectivity index (χ1v) is 7.68. The summed E-state index contributed by atoms with van der Waals surface area (Å²) < 4.78 is 0. The van der Waals surface area contributed by atoms with Crippen LogP contribution in [0.3, 0.4) is 0 Å². The van der Waals surface area contributed by atoms with Crippen LogP contribution in [0, 0.1) is 11.8 Å². The third-order valence-corrected chi connectivity index (χ3v) is 4.68. The molecule has 0 aromatic heterocycles. The van der Waals surface area contributed by atoms with Crippen molar-refractivity contribution < 1.29 is 9.90 Å². The van der Waals surface area contributed by atoms with E-state index < -0.39 is 0 Å². The number of carbonyl (C=O) groups is 1. The minimum atomic E-state index is -0.179. The van der Waals surface area contributed by atoms with Gasteiger partial charge in [0.05, 0.1) is 6.10 Å². The molecule has 0 aromatic rings. The summed E-state index contributed by atoms with van der Waals surface area (Å²) in [4.78, 5) is 16.7. The summed E-state index contributed by atoms with van der Waals surface area (Å²) in [6.45, 7) is 3.19. The normalized spacial score (nSPS) is 33.1. The van der Waals surface area contributed by atoms with Crippen LogP contribution in [0.1, 0.15) is 38.5 Å². The van der Waals surface area contributed by atoms with Crippen LogP contribution < -0.4 is 0 Å². The number of carbonyl (C=O) groups excluding carboxylic acids is 1. The molecule has 2 aliphatic rings. The number of amides is 1. The molecule has 1 heterocycles. The highest BCUT2D eigenvalue weighted by Gasteiger charge is 2.28. The molecular weight excluding hydrogens is 240 g/mol. The molecule has 2 rings (SSSR count). The highest BCUT2D eigenvalue weighted by Crippen LogP contribution is 2.26. The first-order chi connectivity index (χ1) is 9.06. The van der Waals surface area contributed by atoms with Crippen LogP contribution in [-0.4, -0.2) is 60.6 Å². The number of aliphatic hydroxyl groups is 1. The minimum Gasteiger partial charge on any atom is -0.393 e. The minimum absolute atomic E-state index is 0.148. The highest BCUT2D eigenvalue weighted by molar-refractivity contribution is 5.78. The molecule has 1 aliphatic carbocycles. The molecule has 19 heavy (non-hydrogen) atoms. The van der Waals surface area contributed by atoms with E-state index in [4.69, 9.17) is 0 Å². The Kier molecular flexibility index (Phi) is 5.22. The van der Waals surface area contributed by atoms with E-state index in [0.717, 1.165) is 38.8 Å². The Bertz CT molecular complexity index is 301. The lowest BCUT2D eigenvalue weighted by Crippen LogP contribution is -2.42. The quantitative estimate of drug-likeness (QED) is 0.840. The number of hydrogen-bond donors (Lipinski definition) is 1. The van der Waals surface area contributed by atoms with Crippen molar-refractivity contribution in [3.63, 3.8) is 0 Å². The van der Waals surface area contributed by atoms with Crippen molar-refractivity contribution in [1.82, 2.24) is 9.80 Å². The van der Waals surface area contributed by atoms with Gasteiger partial charge in [-0.15, -0.1) is 0 Å². The second-order valence-electron chi connectivity index (χ2n) is 6.49. The zero-order valence-electron chi connectivity index (χ0n) is 12.3. The molecule has 1 saturated heterocycles. The molecule has 1 saturated carbocycles. The second-order valence-corrected chi connectivity index (χ2v) is 6.49. The third kappa shape index (κ3) is 4.18. The van der Waals surface area contributed by atoms with E-state index in [9.17, 15) is 9.90 Å². The van der Waals surface area contributed by atoms with Gasteiger partial charge in [0.2, 0.25) is 5.91 Å². The maximum atomic E-state index is 12.4. The number of likely N-dealkylation sites (tertiary alicyclic amines) is 1. The fourth-order valence-electron chi connectivity index (χ4n) is 3.53. The topological polar surface area (TPSA) is 43.8 Å². The molecule has 4 nitrogen and oxygen atoms in total. The maximum Gasteiger partial charge on any atom is 0.225 e. The van der Waals surface area contributed by atoms with Gasteiger partial charge < -0.3 is 14.9 Å². The smallest absolute Gasteiger partial charge is 0.225 e. The first-order valence-electron chi connectivity index (χ1n) is 7.68. The van der Waals surface area contributed by atoms with Gasteiger partial charge in [-0.05, 0) is 58.0 Å². The number of nitrogens with zero attached hydrogens (tertiary/aromatic N) is 2. The van der Waals surface area contributed by atoms with E-state index >= 15 is 0 Å². The van der Waals surface area contributed by atoms with Gasteiger partial charge in [-0.3, -0.25) is 4.79 Å². The van der Waals surface area contributed by atoms with Gasteiger partial charge in [0.1, 0.15) is 0 Å². The number of hydrogen-bond acceptors (Lipinski definition) is 3. The van der Waals surface area contributed by atoms with Gasteiger partial charge in [-0.25, -0.2) is 0 Å². The van der Waals surface area contributed by atoms with Crippen molar-refractivity contribution >= 4 is 5.91 Å². The van der Waals surface area contributed by atoms with Gasteiger partial charge >= 0.3 is 0 Å². The monoisotopic (exact) mass is 268 g/mol. The fraction of sp³-hybridized carbons (Fsp3) is 0.933. The van der Waals surface area contributed by atoms with Gasteiger partial charge in [0, 0.05) is 26.1 Å². The van der Waals surface area contributed by atoms with Crippen LogP contribution in [0.25, 0.3) is 0 Å². The summed E-state index contributed by atoms with van der Waals surface area (Å²) >= 11 is 0. The van der Waals surface area contributed by atoms with E-state index in [2.05, 4.69) is 11.9 Å². The van der Waals surface area contributed by atoms with Crippen LogP contribution in [0.5, 0.6) is 0 Å². The summed E-state index contributed by atoms with van der Waals surface area (Å²) in [7, 11) is 4.11. The summed E-state index contributed by atoms with van der Waals surface area (Å²) in [6, 6.07) is 0. The average Bonchev–Trinajstić information content (AvgIpc) is 2.39. The third-order valence-electron chi connectivity index (χ3n) is 4.68. The van der Waals surface area contributed by atoms with Crippen molar-refractivity contribution in [2.75, 3.05) is 33.7 Å². The van der Waals surface area contributed by atoms with E-state index in [-0.39, 0.29) is 12.0 Å². The molecule has 0 bridgehead atoms. The van der Waals surface area contributed by atoms with Crippen LogP contribution in [0.4, 0.5) is 0 Å². The Morgan fingerprint density at radius 1 is 1.26 bits per heavy atom. The molecule has 110 valence electrons. The molecule has 1 amide bonds. The number of rotatable bonds is 3. The molecule has 1 atom stereocenters. The van der Waals surface area contributed by atoms with E-state index in [0.29, 0.717) is 11.8 Å². The van der Waals surface area contributed by atoms with Crippen molar-refractivity contribution in [3.8, 4) is 0 Å². The van der Waals surface area contributed by atoms with Gasteiger partial charge in [0.25, 0.3) is 0 Å². The predicted octanol–water partition coefficient (Wildman–Crippen LogP) is 1.34. The average molecular weight is 268 g/mol. The molecule has 0 spiro atoms. The molecule has 1 unspecified atom stereocenters. The van der Waals surface area contributed by atoms with Gasteiger partial charge in [-0.2, -0.15) is 0 Å².